The van der Waals surface area contributed by atoms with Gasteiger partial charge in [0.25, 0.3) is 0 Å². The smallest absolute Gasteiger partial charge is 0.307 e. The van der Waals surface area contributed by atoms with E-state index in [2.05, 4.69) is 0 Å². The Morgan fingerprint density at radius 2 is 2.00 bits per heavy atom. The quantitative estimate of drug-likeness (QED) is 0.856. The van der Waals surface area contributed by atoms with Gasteiger partial charge in [-0.25, -0.2) is 17.1 Å². The number of carboxylic acids is 1. The predicted molar refractivity (Wildman–Crippen MR) is 68.5 cm³/mol. The summed E-state index contributed by atoms with van der Waals surface area (Å²) >= 11 is 0. The summed E-state index contributed by atoms with van der Waals surface area (Å²) in [6.45, 7) is 1.27. The van der Waals surface area contributed by atoms with Gasteiger partial charge < -0.3 is 5.11 Å². The molecule has 1 aromatic rings. The lowest BCUT2D eigenvalue weighted by molar-refractivity contribution is -0.141. The average molecular weight is 289 g/mol. The van der Waals surface area contributed by atoms with Crippen LogP contribution >= 0.6 is 0 Å². The van der Waals surface area contributed by atoms with Gasteiger partial charge in [-0.05, 0) is 6.07 Å². The van der Waals surface area contributed by atoms with Gasteiger partial charge in [-0.2, -0.15) is 0 Å². The van der Waals surface area contributed by atoms with E-state index >= 15 is 0 Å². The first-order chi connectivity index (χ1) is 8.74. The van der Waals surface area contributed by atoms with Gasteiger partial charge in [0.1, 0.15) is 5.82 Å². The molecule has 0 saturated carbocycles. The van der Waals surface area contributed by atoms with Crippen molar-refractivity contribution in [3.63, 3.8) is 0 Å². The topological polar surface area (TPSA) is 74.7 Å². The number of carbonyl (C=O) groups is 1. The number of sulfonamides is 1. The van der Waals surface area contributed by atoms with Gasteiger partial charge in [0.15, 0.2) is 0 Å². The molecule has 0 bridgehead atoms. The first-order valence-electron chi connectivity index (χ1n) is 5.64. The number of aliphatic carboxylic acids is 1. The van der Waals surface area contributed by atoms with Gasteiger partial charge in [-0.3, -0.25) is 4.79 Å². The number of nitrogens with zero attached hydrogens (tertiary/aromatic N) is 1. The standard InChI is InChI=1S/C12H16FNO4S/c1-9(12(15)16)7-14(2)19(17,18)8-10-5-3-4-6-11(10)13/h3-6,9H,7-8H2,1-2H3,(H,15,16). The van der Waals surface area contributed by atoms with Crippen LogP contribution in [0.4, 0.5) is 4.39 Å². The third-order valence-electron chi connectivity index (χ3n) is 2.72. The zero-order chi connectivity index (χ0) is 14.6. The molecule has 0 aliphatic rings. The van der Waals surface area contributed by atoms with Crippen LogP contribution in [0, 0.1) is 11.7 Å². The summed E-state index contributed by atoms with van der Waals surface area (Å²) in [6.07, 6.45) is 0. The highest BCUT2D eigenvalue weighted by molar-refractivity contribution is 7.88. The Labute approximate surface area is 111 Å². The van der Waals surface area contributed by atoms with E-state index in [1.165, 1.54) is 32.2 Å². The van der Waals surface area contributed by atoms with E-state index in [0.717, 1.165) is 4.31 Å². The number of hydrogen-bond donors (Lipinski definition) is 1. The molecule has 106 valence electrons. The van der Waals surface area contributed by atoms with Crippen molar-refractivity contribution < 1.29 is 22.7 Å². The minimum Gasteiger partial charge on any atom is -0.481 e. The highest BCUT2D eigenvalue weighted by atomic mass is 32.2. The molecule has 0 spiro atoms. The Morgan fingerprint density at radius 3 is 2.53 bits per heavy atom. The van der Waals surface area contributed by atoms with Crippen molar-refractivity contribution in [2.45, 2.75) is 12.7 Å². The monoisotopic (exact) mass is 289 g/mol. The lowest BCUT2D eigenvalue weighted by atomic mass is 10.2. The summed E-state index contributed by atoms with van der Waals surface area (Å²) in [5.41, 5.74) is 0.0670. The molecule has 0 fully saturated rings. The Balaban J connectivity index is 2.82. The molecule has 0 radical (unpaired) electrons. The number of halogens is 1. The second kappa shape index (κ2) is 6.12. The van der Waals surface area contributed by atoms with Crippen molar-refractivity contribution in [2.75, 3.05) is 13.6 Å². The lowest BCUT2D eigenvalue weighted by Gasteiger charge is -2.19. The van der Waals surface area contributed by atoms with Gasteiger partial charge in [-0.15, -0.1) is 0 Å². The zero-order valence-corrected chi connectivity index (χ0v) is 11.5. The summed E-state index contributed by atoms with van der Waals surface area (Å²) in [6, 6.07) is 5.60. The third kappa shape index (κ3) is 4.29. The summed E-state index contributed by atoms with van der Waals surface area (Å²) in [5.74, 6) is -2.97. The minimum atomic E-state index is -3.73. The van der Waals surface area contributed by atoms with E-state index in [1.54, 1.807) is 6.07 Å². The first kappa shape index (κ1) is 15.6. The fourth-order valence-corrected chi connectivity index (χ4v) is 2.80. The van der Waals surface area contributed by atoms with Gasteiger partial charge in [0, 0.05) is 19.2 Å². The maximum Gasteiger partial charge on any atom is 0.307 e. The van der Waals surface area contributed by atoms with Crippen molar-refractivity contribution in [3.8, 4) is 0 Å². The van der Waals surface area contributed by atoms with Crippen LogP contribution in [0.15, 0.2) is 24.3 Å². The molecule has 0 aliphatic carbocycles. The van der Waals surface area contributed by atoms with Crippen LogP contribution in [0.2, 0.25) is 0 Å². The van der Waals surface area contributed by atoms with Gasteiger partial charge in [0.2, 0.25) is 10.0 Å². The Kier molecular flexibility index (Phi) is 5.02. The van der Waals surface area contributed by atoms with E-state index < -0.39 is 33.5 Å². The van der Waals surface area contributed by atoms with Crippen LogP contribution < -0.4 is 0 Å². The van der Waals surface area contributed by atoms with Crippen molar-refractivity contribution in [1.82, 2.24) is 4.31 Å². The molecule has 0 heterocycles. The molecule has 0 aromatic heterocycles. The Hall–Kier alpha value is -1.47. The summed E-state index contributed by atoms with van der Waals surface area (Å²) < 4.78 is 38.3. The van der Waals surface area contributed by atoms with Crippen molar-refractivity contribution >= 4 is 16.0 Å². The van der Waals surface area contributed by atoms with E-state index in [1.807, 2.05) is 0 Å². The normalized spacial score (nSPS) is 13.5. The molecular weight excluding hydrogens is 273 g/mol. The van der Waals surface area contributed by atoms with E-state index in [-0.39, 0.29) is 12.1 Å². The Morgan fingerprint density at radius 1 is 1.42 bits per heavy atom. The van der Waals surface area contributed by atoms with Crippen LogP contribution in [0.1, 0.15) is 12.5 Å². The van der Waals surface area contributed by atoms with Gasteiger partial charge in [-0.1, -0.05) is 25.1 Å². The highest BCUT2D eigenvalue weighted by Gasteiger charge is 2.24. The Bertz CT molecular complexity index is 559. The summed E-state index contributed by atoms with van der Waals surface area (Å²) in [5, 5.41) is 8.75. The molecule has 1 atom stereocenters. The van der Waals surface area contributed by atoms with Crippen molar-refractivity contribution in [1.29, 1.82) is 0 Å². The molecule has 5 nitrogen and oxygen atoms in total. The molecule has 1 aromatic carbocycles. The van der Waals surface area contributed by atoms with Crippen LogP contribution in [0.25, 0.3) is 0 Å². The molecule has 0 saturated heterocycles. The number of rotatable bonds is 6. The van der Waals surface area contributed by atoms with Gasteiger partial charge in [0.05, 0.1) is 11.7 Å². The largest absolute Gasteiger partial charge is 0.481 e. The second-order valence-corrected chi connectivity index (χ2v) is 6.44. The summed E-state index contributed by atoms with van der Waals surface area (Å²) in [7, 11) is -2.45. The zero-order valence-electron chi connectivity index (χ0n) is 10.7. The third-order valence-corrected chi connectivity index (χ3v) is 4.50. The van der Waals surface area contributed by atoms with Crippen LogP contribution in [0.5, 0.6) is 0 Å². The number of carboxylic acid groups (broad SMARTS) is 1. The number of hydrogen-bond acceptors (Lipinski definition) is 3. The minimum absolute atomic E-state index is 0.0670. The molecule has 7 heteroatoms. The van der Waals surface area contributed by atoms with E-state index in [4.69, 9.17) is 5.11 Å². The molecule has 0 amide bonds. The second-order valence-electron chi connectivity index (χ2n) is 4.37. The molecule has 1 rings (SSSR count). The van der Waals surface area contributed by atoms with Crippen LogP contribution in [-0.2, 0) is 20.6 Å². The SMILES string of the molecule is CC(CN(C)S(=O)(=O)Cc1ccccc1F)C(=O)O. The first-order valence-corrected chi connectivity index (χ1v) is 7.25. The van der Waals surface area contributed by atoms with Gasteiger partial charge >= 0.3 is 5.97 Å². The maximum absolute atomic E-state index is 13.4. The van der Waals surface area contributed by atoms with Crippen molar-refractivity contribution in [3.05, 3.63) is 35.6 Å². The highest BCUT2D eigenvalue weighted by Crippen LogP contribution is 2.14. The average Bonchev–Trinajstić information content (AvgIpc) is 2.31. The van der Waals surface area contributed by atoms with Crippen molar-refractivity contribution in [2.24, 2.45) is 5.92 Å². The maximum atomic E-state index is 13.4. The lowest BCUT2D eigenvalue weighted by Crippen LogP contribution is -2.34. The number of benzene rings is 1. The molecule has 1 N–H and O–H groups in total. The molecule has 0 aliphatic heterocycles. The molecule has 19 heavy (non-hydrogen) atoms. The molecule has 1 unspecified atom stereocenters. The fourth-order valence-electron chi connectivity index (χ4n) is 1.50. The molecular formula is C12H16FNO4S. The van der Waals surface area contributed by atoms with E-state index in [0.29, 0.717) is 0 Å². The van der Waals surface area contributed by atoms with Crippen LogP contribution in [-0.4, -0.2) is 37.4 Å². The van der Waals surface area contributed by atoms with E-state index in [9.17, 15) is 17.6 Å². The fraction of sp³-hybridized carbons (Fsp3) is 0.417. The predicted octanol–water partition coefficient (Wildman–Crippen LogP) is 1.31. The van der Waals surface area contributed by atoms with Crippen LogP contribution in [0.3, 0.4) is 0 Å². The summed E-state index contributed by atoms with van der Waals surface area (Å²) in [4.78, 5) is 10.7.